The van der Waals surface area contributed by atoms with Gasteiger partial charge in [0.05, 0.1) is 29.4 Å². The number of nitriles is 1. The van der Waals surface area contributed by atoms with Crippen LogP contribution in [0.1, 0.15) is 24.3 Å². The maximum absolute atomic E-state index is 12.5. The maximum atomic E-state index is 12.5. The summed E-state index contributed by atoms with van der Waals surface area (Å²) in [6.07, 6.45) is -0.226. The lowest BCUT2D eigenvalue weighted by Crippen LogP contribution is -2.19. The van der Waals surface area contributed by atoms with Crippen LogP contribution in [0.25, 0.3) is 11.4 Å². The normalized spacial score (nSPS) is 11.9. The van der Waals surface area contributed by atoms with Crippen molar-refractivity contribution in [3.63, 3.8) is 0 Å². The molecule has 0 saturated carbocycles. The first-order chi connectivity index (χ1) is 15.2. The Morgan fingerprint density at radius 1 is 1.25 bits per heavy atom. The Kier molecular flexibility index (Phi) is 6.70. The number of aryl methyl sites for hydroxylation is 1. The van der Waals surface area contributed by atoms with Crippen LogP contribution in [0.5, 0.6) is 0 Å². The number of nitrogens with one attached hydrogen (secondary N) is 2. The number of hydrogen-bond acceptors (Lipinski definition) is 8. The highest BCUT2D eigenvalue weighted by Gasteiger charge is 2.21. The molecule has 0 aliphatic heterocycles. The number of nitrogens with zero attached hydrogens (tertiary/aromatic N) is 5. The van der Waals surface area contributed by atoms with E-state index in [1.807, 2.05) is 36.4 Å². The van der Waals surface area contributed by atoms with E-state index < -0.39 is 22.2 Å². The van der Waals surface area contributed by atoms with Gasteiger partial charge >= 0.3 is 6.09 Å². The van der Waals surface area contributed by atoms with Crippen molar-refractivity contribution in [2.75, 3.05) is 16.3 Å². The lowest BCUT2D eigenvalue weighted by atomic mass is 10.1. The third-order valence-corrected chi connectivity index (χ3v) is 4.94. The van der Waals surface area contributed by atoms with Gasteiger partial charge in [0.1, 0.15) is 12.6 Å². The van der Waals surface area contributed by atoms with Gasteiger partial charge in [0, 0.05) is 0 Å². The largest absolute Gasteiger partial charge is 0.441 e. The van der Waals surface area contributed by atoms with E-state index in [1.54, 1.807) is 13.8 Å². The summed E-state index contributed by atoms with van der Waals surface area (Å²) in [5.74, 6) is 0.132. The highest BCUT2D eigenvalue weighted by Crippen LogP contribution is 2.27. The van der Waals surface area contributed by atoms with Crippen molar-refractivity contribution in [3.05, 3.63) is 53.7 Å². The van der Waals surface area contributed by atoms with Gasteiger partial charge in [-0.1, -0.05) is 35.5 Å². The quantitative estimate of drug-likeness (QED) is 0.552. The maximum Gasteiger partial charge on any atom is 0.413 e. The molecule has 3 rings (SSSR count). The molecule has 166 valence electrons. The molecule has 1 amide bonds. The molecule has 2 heterocycles. The van der Waals surface area contributed by atoms with Crippen molar-refractivity contribution in [1.29, 1.82) is 5.26 Å². The molecule has 1 atom stereocenters. The van der Waals surface area contributed by atoms with Crippen LogP contribution in [-0.4, -0.2) is 40.7 Å². The number of hydrogen-bond donors (Lipinski definition) is 2. The minimum absolute atomic E-state index is 0.132. The number of benzene rings is 1. The number of carbonyl (C=O) groups is 1. The Balaban J connectivity index is 1.87. The third kappa shape index (κ3) is 5.58. The second-order valence-electron chi connectivity index (χ2n) is 6.89. The first-order valence-corrected chi connectivity index (χ1v) is 11.4. The summed E-state index contributed by atoms with van der Waals surface area (Å²) < 4.78 is 32.0. The second kappa shape index (κ2) is 9.44. The van der Waals surface area contributed by atoms with E-state index in [-0.39, 0.29) is 18.1 Å². The lowest BCUT2D eigenvalue weighted by Gasteiger charge is -2.15. The SMILES string of the molecule is Cc1nc(-c2nnn(CC#N)c2NC(=O)O[C@H](C)c2ccccc2)ccc1NS(C)(=O)=O. The molecule has 0 fully saturated rings. The number of sulfonamides is 1. The molecule has 0 unspecified atom stereocenters. The summed E-state index contributed by atoms with van der Waals surface area (Å²) in [7, 11) is -3.47. The predicted molar refractivity (Wildman–Crippen MR) is 117 cm³/mol. The fourth-order valence-corrected chi connectivity index (χ4v) is 3.48. The zero-order valence-electron chi connectivity index (χ0n) is 17.6. The molecular weight excluding hydrogens is 434 g/mol. The van der Waals surface area contributed by atoms with Crippen LogP contribution in [0, 0.1) is 18.3 Å². The standard InChI is InChI=1S/C20H21N7O4S/c1-13-16(25-32(3,29)30)9-10-17(22-13)18-19(27(12-11-21)26-24-18)23-20(28)31-14(2)15-7-5-4-6-8-15/h4-10,14,25H,12H2,1-3H3,(H,23,28)/t14-/m1/s1. The number of aromatic nitrogens is 4. The molecule has 0 saturated heterocycles. The number of amides is 1. The molecule has 2 aromatic heterocycles. The van der Waals surface area contributed by atoms with Gasteiger partial charge in [-0.25, -0.2) is 22.9 Å². The van der Waals surface area contributed by atoms with Gasteiger partial charge in [-0.15, -0.1) is 5.10 Å². The molecular formula is C20H21N7O4S. The zero-order valence-corrected chi connectivity index (χ0v) is 18.4. The zero-order chi connectivity index (χ0) is 23.3. The van der Waals surface area contributed by atoms with E-state index in [0.29, 0.717) is 17.1 Å². The van der Waals surface area contributed by atoms with Crippen molar-refractivity contribution >= 4 is 27.6 Å². The molecule has 32 heavy (non-hydrogen) atoms. The van der Waals surface area contributed by atoms with Gasteiger partial charge in [0.15, 0.2) is 11.5 Å². The van der Waals surface area contributed by atoms with Crippen LogP contribution in [0.4, 0.5) is 16.3 Å². The molecule has 0 aliphatic carbocycles. The highest BCUT2D eigenvalue weighted by molar-refractivity contribution is 7.92. The van der Waals surface area contributed by atoms with E-state index in [1.165, 1.54) is 16.8 Å². The number of ether oxygens (including phenoxy) is 1. The Labute approximate surface area is 185 Å². The van der Waals surface area contributed by atoms with Crippen LogP contribution in [0.15, 0.2) is 42.5 Å². The Hall–Kier alpha value is -3.98. The fourth-order valence-electron chi connectivity index (χ4n) is 2.87. The molecule has 0 spiro atoms. The third-order valence-electron chi connectivity index (χ3n) is 4.35. The number of pyridine rings is 1. The Morgan fingerprint density at radius 2 is 1.97 bits per heavy atom. The topological polar surface area (TPSA) is 152 Å². The first kappa shape index (κ1) is 22.7. The van der Waals surface area contributed by atoms with Crippen LogP contribution >= 0.6 is 0 Å². The summed E-state index contributed by atoms with van der Waals surface area (Å²) in [6.45, 7) is 3.20. The average Bonchev–Trinajstić information content (AvgIpc) is 3.11. The number of carbonyl (C=O) groups excluding carboxylic acids is 1. The van der Waals surface area contributed by atoms with Gasteiger partial charge in [-0.05, 0) is 31.5 Å². The van der Waals surface area contributed by atoms with Crippen LogP contribution in [-0.2, 0) is 21.3 Å². The average molecular weight is 456 g/mol. The molecule has 12 heteroatoms. The first-order valence-electron chi connectivity index (χ1n) is 9.46. The Bertz CT molecular complexity index is 1270. The molecule has 11 nitrogen and oxygen atoms in total. The van der Waals surface area contributed by atoms with Crippen LogP contribution in [0.3, 0.4) is 0 Å². The van der Waals surface area contributed by atoms with Crippen LogP contribution < -0.4 is 10.0 Å². The summed E-state index contributed by atoms with van der Waals surface area (Å²) >= 11 is 0. The van der Waals surface area contributed by atoms with Gasteiger partial charge in [-0.3, -0.25) is 10.0 Å². The van der Waals surface area contributed by atoms with Gasteiger partial charge in [0.25, 0.3) is 0 Å². The van der Waals surface area contributed by atoms with E-state index in [2.05, 4.69) is 25.3 Å². The molecule has 1 aromatic carbocycles. The van der Waals surface area contributed by atoms with Crippen molar-refractivity contribution < 1.29 is 17.9 Å². The van der Waals surface area contributed by atoms with Crippen molar-refractivity contribution in [2.45, 2.75) is 26.5 Å². The minimum atomic E-state index is -3.47. The molecule has 3 aromatic rings. The molecule has 0 aliphatic rings. The second-order valence-corrected chi connectivity index (χ2v) is 8.64. The van der Waals surface area contributed by atoms with Crippen LogP contribution in [0.2, 0.25) is 0 Å². The highest BCUT2D eigenvalue weighted by atomic mass is 32.2. The van der Waals surface area contributed by atoms with E-state index >= 15 is 0 Å². The van der Waals surface area contributed by atoms with E-state index in [4.69, 9.17) is 10.00 Å². The monoisotopic (exact) mass is 455 g/mol. The number of anilines is 2. The van der Waals surface area contributed by atoms with E-state index in [9.17, 15) is 13.2 Å². The molecule has 0 bridgehead atoms. The summed E-state index contributed by atoms with van der Waals surface area (Å²) in [4.78, 5) is 16.9. The van der Waals surface area contributed by atoms with Gasteiger partial charge < -0.3 is 4.74 Å². The van der Waals surface area contributed by atoms with Crippen molar-refractivity contribution in [2.24, 2.45) is 0 Å². The summed E-state index contributed by atoms with van der Waals surface area (Å²) in [5.41, 5.74) is 2.06. The summed E-state index contributed by atoms with van der Waals surface area (Å²) in [6, 6.07) is 14.2. The molecule has 0 radical (unpaired) electrons. The van der Waals surface area contributed by atoms with Gasteiger partial charge in [0.2, 0.25) is 10.0 Å². The molecule has 2 N–H and O–H groups in total. The van der Waals surface area contributed by atoms with Gasteiger partial charge in [-0.2, -0.15) is 5.26 Å². The number of rotatable bonds is 7. The van der Waals surface area contributed by atoms with Crippen molar-refractivity contribution in [3.8, 4) is 17.5 Å². The predicted octanol–water partition coefficient (Wildman–Crippen LogP) is 2.85. The van der Waals surface area contributed by atoms with Crippen molar-refractivity contribution in [1.82, 2.24) is 20.0 Å². The smallest absolute Gasteiger partial charge is 0.413 e. The van der Waals surface area contributed by atoms with E-state index in [0.717, 1.165) is 11.8 Å². The fraction of sp³-hybridized carbons (Fsp3) is 0.250. The lowest BCUT2D eigenvalue weighted by molar-refractivity contribution is 0.121. The minimum Gasteiger partial charge on any atom is -0.441 e. The summed E-state index contributed by atoms with van der Waals surface area (Å²) in [5, 5.41) is 19.6. The Morgan fingerprint density at radius 3 is 2.59 bits per heavy atom.